The molecule has 0 saturated heterocycles. The number of halogens is 1. The molecule has 0 radical (unpaired) electrons. The molecule has 6 nitrogen and oxygen atoms in total. The van der Waals surface area contributed by atoms with Crippen molar-refractivity contribution < 1.29 is 9.13 Å². The van der Waals surface area contributed by atoms with Crippen molar-refractivity contribution in [2.75, 3.05) is 0 Å². The molecule has 0 spiro atoms. The highest BCUT2D eigenvalue weighted by atomic mass is 19.1. The fourth-order valence-electron chi connectivity index (χ4n) is 1.14. The summed E-state index contributed by atoms with van der Waals surface area (Å²) in [7, 11) is 1.68. The third kappa shape index (κ3) is 1.98. The van der Waals surface area contributed by atoms with Crippen LogP contribution < -0.4 is 10.5 Å². The monoisotopic (exact) mass is 223 g/mol. The van der Waals surface area contributed by atoms with E-state index in [4.69, 9.17) is 10.5 Å². The summed E-state index contributed by atoms with van der Waals surface area (Å²) in [6.45, 7) is 0.0837. The first-order valence-corrected chi connectivity index (χ1v) is 4.57. The van der Waals surface area contributed by atoms with Gasteiger partial charge in [-0.25, -0.2) is 9.37 Å². The Labute approximate surface area is 90.9 Å². The number of hydrogen-bond donors (Lipinski definition) is 1. The van der Waals surface area contributed by atoms with Crippen LogP contribution in [0.2, 0.25) is 0 Å². The lowest BCUT2D eigenvalue weighted by atomic mass is 10.2. The Morgan fingerprint density at radius 2 is 2.31 bits per heavy atom. The van der Waals surface area contributed by atoms with Gasteiger partial charge in [0, 0.05) is 25.4 Å². The van der Waals surface area contributed by atoms with Crippen LogP contribution in [0.25, 0.3) is 0 Å². The molecule has 0 saturated carbocycles. The maximum absolute atomic E-state index is 13.6. The van der Waals surface area contributed by atoms with Crippen LogP contribution in [0.1, 0.15) is 5.56 Å². The minimum atomic E-state index is -0.586. The van der Waals surface area contributed by atoms with Gasteiger partial charge >= 0.3 is 6.01 Å². The Morgan fingerprint density at radius 3 is 2.94 bits per heavy atom. The van der Waals surface area contributed by atoms with Gasteiger partial charge in [-0.2, -0.15) is 4.98 Å². The van der Waals surface area contributed by atoms with E-state index in [1.54, 1.807) is 7.05 Å². The van der Waals surface area contributed by atoms with Crippen LogP contribution in [0.4, 0.5) is 4.39 Å². The number of hydrogen-bond acceptors (Lipinski definition) is 5. The van der Waals surface area contributed by atoms with E-state index in [1.807, 2.05) is 0 Å². The molecule has 2 aromatic heterocycles. The van der Waals surface area contributed by atoms with Crippen molar-refractivity contribution in [2.24, 2.45) is 12.8 Å². The van der Waals surface area contributed by atoms with Crippen LogP contribution in [0.5, 0.6) is 11.9 Å². The molecule has 0 aliphatic carbocycles. The quantitative estimate of drug-likeness (QED) is 0.824. The van der Waals surface area contributed by atoms with Crippen molar-refractivity contribution in [3.05, 3.63) is 30.0 Å². The lowest BCUT2D eigenvalue weighted by molar-refractivity contribution is 0.389. The molecule has 2 N–H and O–H groups in total. The van der Waals surface area contributed by atoms with Crippen LogP contribution in [-0.2, 0) is 13.6 Å². The topological polar surface area (TPSA) is 78.8 Å². The zero-order chi connectivity index (χ0) is 11.5. The Hall–Kier alpha value is -2.02. The van der Waals surface area contributed by atoms with Crippen LogP contribution in [0.3, 0.4) is 0 Å². The molecular formula is C9H10FN5O. The van der Waals surface area contributed by atoms with E-state index < -0.39 is 5.82 Å². The first-order valence-electron chi connectivity index (χ1n) is 4.57. The number of aryl methyl sites for hydroxylation is 1. The normalized spacial score (nSPS) is 10.4. The minimum absolute atomic E-state index is 0.0445. The SMILES string of the molecule is Cn1cnc(Oc2nccc(CN)c2F)n1. The summed E-state index contributed by atoms with van der Waals surface area (Å²) in [5.41, 5.74) is 5.69. The van der Waals surface area contributed by atoms with Gasteiger partial charge in [-0.1, -0.05) is 0 Å². The van der Waals surface area contributed by atoms with E-state index in [-0.39, 0.29) is 18.4 Å². The lowest BCUT2D eigenvalue weighted by Crippen LogP contribution is -2.03. The average Bonchev–Trinajstić information content (AvgIpc) is 2.67. The number of pyridine rings is 1. The van der Waals surface area contributed by atoms with Crippen molar-refractivity contribution in [1.29, 1.82) is 0 Å². The predicted molar refractivity (Wildman–Crippen MR) is 53.2 cm³/mol. The van der Waals surface area contributed by atoms with Gasteiger partial charge in [-0.15, -0.1) is 5.10 Å². The third-order valence-electron chi connectivity index (χ3n) is 1.92. The van der Waals surface area contributed by atoms with Crippen LogP contribution in [0, 0.1) is 5.82 Å². The van der Waals surface area contributed by atoms with Crippen LogP contribution >= 0.6 is 0 Å². The molecule has 0 unspecified atom stereocenters. The number of aromatic nitrogens is 4. The molecule has 7 heteroatoms. The van der Waals surface area contributed by atoms with Gasteiger partial charge < -0.3 is 10.5 Å². The number of nitrogens with zero attached hydrogens (tertiary/aromatic N) is 4. The van der Waals surface area contributed by atoms with Crippen molar-refractivity contribution in [3.8, 4) is 11.9 Å². The summed E-state index contributed by atoms with van der Waals surface area (Å²) >= 11 is 0. The van der Waals surface area contributed by atoms with E-state index in [1.165, 1.54) is 23.3 Å². The minimum Gasteiger partial charge on any atom is -0.401 e. The van der Waals surface area contributed by atoms with Crippen molar-refractivity contribution >= 4 is 0 Å². The van der Waals surface area contributed by atoms with Crippen LogP contribution in [-0.4, -0.2) is 19.7 Å². The molecule has 0 aliphatic rings. The van der Waals surface area contributed by atoms with E-state index in [0.29, 0.717) is 5.56 Å². The van der Waals surface area contributed by atoms with E-state index in [0.717, 1.165) is 0 Å². The highest BCUT2D eigenvalue weighted by Crippen LogP contribution is 2.20. The lowest BCUT2D eigenvalue weighted by Gasteiger charge is -2.04. The Balaban J connectivity index is 2.28. The summed E-state index contributed by atoms with van der Waals surface area (Å²) in [5.74, 6) is -0.758. The van der Waals surface area contributed by atoms with E-state index in [9.17, 15) is 4.39 Å². The zero-order valence-corrected chi connectivity index (χ0v) is 8.59. The smallest absolute Gasteiger partial charge is 0.342 e. The maximum Gasteiger partial charge on any atom is 0.342 e. The van der Waals surface area contributed by atoms with Crippen molar-refractivity contribution in [3.63, 3.8) is 0 Å². The molecular weight excluding hydrogens is 213 g/mol. The molecule has 2 aromatic rings. The first-order chi connectivity index (χ1) is 7.70. The summed E-state index contributed by atoms with van der Waals surface area (Å²) in [6.07, 6.45) is 2.86. The predicted octanol–water partition coefficient (Wildman–Crippen LogP) is 0.600. The number of rotatable bonds is 3. The highest BCUT2D eigenvalue weighted by molar-refractivity contribution is 5.25. The molecule has 16 heavy (non-hydrogen) atoms. The van der Waals surface area contributed by atoms with Gasteiger partial charge in [0.05, 0.1) is 0 Å². The Morgan fingerprint density at radius 1 is 1.50 bits per heavy atom. The zero-order valence-electron chi connectivity index (χ0n) is 8.59. The molecule has 0 aliphatic heterocycles. The fraction of sp³-hybridized carbons (Fsp3) is 0.222. The Kier molecular flexibility index (Phi) is 2.78. The molecule has 0 fully saturated rings. The number of nitrogens with two attached hydrogens (primary N) is 1. The second kappa shape index (κ2) is 4.23. The first kappa shape index (κ1) is 10.5. The van der Waals surface area contributed by atoms with E-state index >= 15 is 0 Å². The summed E-state index contributed by atoms with van der Waals surface area (Å²) < 4.78 is 20.2. The van der Waals surface area contributed by atoms with Crippen molar-refractivity contribution in [1.82, 2.24) is 19.7 Å². The fourth-order valence-corrected chi connectivity index (χ4v) is 1.14. The highest BCUT2D eigenvalue weighted by Gasteiger charge is 2.12. The summed E-state index contributed by atoms with van der Waals surface area (Å²) in [6, 6.07) is 1.54. The van der Waals surface area contributed by atoms with Crippen molar-refractivity contribution in [2.45, 2.75) is 6.54 Å². The summed E-state index contributed by atoms with van der Waals surface area (Å²) in [4.78, 5) is 7.55. The molecule has 84 valence electrons. The molecule has 0 aromatic carbocycles. The van der Waals surface area contributed by atoms with Gasteiger partial charge in [0.15, 0.2) is 5.82 Å². The maximum atomic E-state index is 13.6. The third-order valence-corrected chi connectivity index (χ3v) is 1.92. The standard InChI is InChI=1S/C9H10FN5O/c1-15-5-13-9(14-15)16-8-7(10)6(4-11)2-3-12-8/h2-3,5H,4,11H2,1H3. The largest absolute Gasteiger partial charge is 0.401 e. The molecule has 0 atom stereocenters. The molecule has 0 amide bonds. The molecule has 2 heterocycles. The van der Waals surface area contributed by atoms with E-state index in [2.05, 4.69) is 15.1 Å². The van der Waals surface area contributed by atoms with Gasteiger partial charge in [-0.05, 0) is 6.07 Å². The van der Waals surface area contributed by atoms with Gasteiger partial charge in [0.1, 0.15) is 6.33 Å². The Bertz CT molecular complexity index is 498. The van der Waals surface area contributed by atoms with Gasteiger partial charge in [0.25, 0.3) is 5.88 Å². The van der Waals surface area contributed by atoms with Gasteiger partial charge in [-0.3, -0.25) is 4.68 Å². The summed E-state index contributed by atoms with van der Waals surface area (Å²) in [5, 5.41) is 3.85. The second-order valence-corrected chi connectivity index (χ2v) is 3.10. The second-order valence-electron chi connectivity index (χ2n) is 3.10. The number of ether oxygens (including phenoxy) is 1. The van der Waals surface area contributed by atoms with Crippen LogP contribution in [0.15, 0.2) is 18.6 Å². The van der Waals surface area contributed by atoms with Gasteiger partial charge in [0.2, 0.25) is 0 Å². The average molecular weight is 223 g/mol. The molecule has 0 bridgehead atoms. The molecule has 2 rings (SSSR count).